The maximum Gasteiger partial charge on any atom is 0.229 e. The number of aryl methyl sites for hydroxylation is 1. The SMILES string of the molecule is Cc1oc(-c2cc(F)ccc2F)nc1CN1CCC(CCN2CCCC2=O)CC1. The van der Waals surface area contributed by atoms with Crippen molar-refractivity contribution in [3.8, 4) is 11.5 Å². The molecule has 2 fully saturated rings. The van der Waals surface area contributed by atoms with E-state index in [0.717, 1.165) is 75.8 Å². The molecule has 1 amide bonds. The van der Waals surface area contributed by atoms with Crippen LogP contribution in [0.2, 0.25) is 0 Å². The van der Waals surface area contributed by atoms with E-state index in [1.54, 1.807) is 0 Å². The zero-order valence-corrected chi connectivity index (χ0v) is 16.8. The Morgan fingerprint density at radius 1 is 1.21 bits per heavy atom. The first-order chi connectivity index (χ1) is 14.0. The second kappa shape index (κ2) is 8.61. The third-order valence-corrected chi connectivity index (χ3v) is 6.11. The molecule has 0 saturated carbocycles. The molecule has 1 aromatic heterocycles. The van der Waals surface area contributed by atoms with E-state index in [1.165, 1.54) is 0 Å². The van der Waals surface area contributed by atoms with Crippen molar-refractivity contribution in [1.82, 2.24) is 14.8 Å². The summed E-state index contributed by atoms with van der Waals surface area (Å²) in [6, 6.07) is 3.28. The van der Waals surface area contributed by atoms with Crippen molar-refractivity contribution in [1.29, 1.82) is 0 Å². The summed E-state index contributed by atoms with van der Waals surface area (Å²) in [7, 11) is 0. The van der Waals surface area contributed by atoms with E-state index in [-0.39, 0.29) is 11.5 Å². The molecule has 0 N–H and O–H groups in total. The monoisotopic (exact) mass is 403 g/mol. The van der Waals surface area contributed by atoms with Crippen molar-refractivity contribution >= 4 is 5.91 Å². The Kier molecular flexibility index (Phi) is 5.94. The van der Waals surface area contributed by atoms with Crippen molar-refractivity contribution in [3.63, 3.8) is 0 Å². The number of carbonyl (C=O) groups excluding carboxylic acids is 1. The van der Waals surface area contributed by atoms with Gasteiger partial charge in [-0.25, -0.2) is 13.8 Å². The summed E-state index contributed by atoms with van der Waals surface area (Å²) in [5.74, 6) is 0.649. The summed E-state index contributed by atoms with van der Waals surface area (Å²) in [5, 5.41) is 0. The van der Waals surface area contributed by atoms with Gasteiger partial charge >= 0.3 is 0 Å². The van der Waals surface area contributed by atoms with Crippen LogP contribution in [0.15, 0.2) is 22.6 Å². The molecule has 0 atom stereocenters. The summed E-state index contributed by atoms with van der Waals surface area (Å²) in [6.45, 7) is 6.18. The highest BCUT2D eigenvalue weighted by atomic mass is 19.1. The number of hydrogen-bond donors (Lipinski definition) is 0. The van der Waals surface area contributed by atoms with Gasteiger partial charge in [0.25, 0.3) is 0 Å². The Hall–Kier alpha value is -2.28. The molecule has 0 aliphatic carbocycles. The number of halogens is 2. The van der Waals surface area contributed by atoms with Crippen LogP contribution in [-0.2, 0) is 11.3 Å². The number of nitrogens with zero attached hydrogens (tertiary/aromatic N) is 3. The number of likely N-dealkylation sites (tertiary alicyclic amines) is 2. The standard InChI is InChI=1S/C22H27F2N3O2/c1-15-20(25-22(29-15)18-13-17(23)4-5-19(18)24)14-26-10-6-16(7-11-26)8-12-27-9-2-3-21(27)28/h4-5,13,16H,2-3,6-12,14H2,1H3. The molecule has 156 valence electrons. The van der Waals surface area contributed by atoms with Crippen LogP contribution in [0.25, 0.3) is 11.5 Å². The Morgan fingerprint density at radius 3 is 2.72 bits per heavy atom. The predicted octanol–water partition coefficient (Wildman–Crippen LogP) is 4.15. The van der Waals surface area contributed by atoms with Crippen LogP contribution in [-0.4, -0.2) is 46.9 Å². The van der Waals surface area contributed by atoms with Gasteiger partial charge in [-0.2, -0.15) is 0 Å². The van der Waals surface area contributed by atoms with Crippen LogP contribution in [0.1, 0.15) is 43.6 Å². The highest BCUT2D eigenvalue weighted by molar-refractivity contribution is 5.78. The third kappa shape index (κ3) is 4.66. The van der Waals surface area contributed by atoms with E-state index >= 15 is 0 Å². The van der Waals surface area contributed by atoms with Gasteiger partial charge in [0.05, 0.1) is 11.3 Å². The fraction of sp³-hybridized carbons (Fsp3) is 0.545. The molecular formula is C22H27F2N3O2. The molecule has 5 nitrogen and oxygen atoms in total. The molecule has 29 heavy (non-hydrogen) atoms. The summed E-state index contributed by atoms with van der Waals surface area (Å²) in [4.78, 5) is 20.5. The number of amides is 1. The Bertz CT molecular complexity index is 875. The maximum atomic E-state index is 14.0. The highest BCUT2D eigenvalue weighted by Gasteiger charge is 2.25. The average Bonchev–Trinajstić information content (AvgIpc) is 3.28. The van der Waals surface area contributed by atoms with Crippen molar-refractivity contribution in [2.45, 2.75) is 45.6 Å². The van der Waals surface area contributed by atoms with Crippen LogP contribution < -0.4 is 0 Å². The first-order valence-electron chi connectivity index (χ1n) is 10.4. The van der Waals surface area contributed by atoms with Gasteiger partial charge in [-0.3, -0.25) is 9.69 Å². The van der Waals surface area contributed by atoms with E-state index in [9.17, 15) is 13.6 Å². The van der Waals surface area contributed by atoms with E-state index in [4.69, 9.17) is 4.42 Å². The van der Waals surface area contributed by atoms with Crippen LogP contribution in [0, 0.1) is 24.5 Å². The average molecular weight is 403 g/mol. The smallest absolute Gasteiger partial charge is 0.229 e. The molecule has 3 heterocycles. The molecule has 0 radical (unpaired) electrons. The lowest BCUT2D eigenvalue weighted by atomic mass is 9.93. The molecule has 4 rings (SSSR count). The third-order valence-electron chi connectivity index (χ3n) is 6.11. The quantitative estimate of drug-likeness (QED) is 0.727. The Morgan fingerprint density at radius 2 is 2.00 bits per heavy atom. The summed E-state index contributed by atoms with van der Waals surface area (Å²) in [5.41, 5.74) is 0.819. The number of oxazole rings is 1. The minimum Gasteiger partial charge on any atom is -0.441 e. The predicted molar refractivity (Wildman–Crippen MR) is 105 cm³/mol. The molecule has 2 aromatic rings. The van der Waals surface area contributed by atoms with Gasteiger partial charge in [-0.15, -0.1) is 0 Å². The lowest BCUT2D eigenvalue weighted by Gasteiger charge is -2.32. The van der Waals surface area contributed by atoms with Crippen LogP contribution in [0.4, 0.5) is 8.78 Å². The fourth-order valence-corrected chi connectivity index (χ4v) is 4.28. The Balaban J connectivity index is 1.31. The summed E-state index contributed by atoms with van der Waals surface area (Å²) >= 11 is 0. The summed E-state index contributed by atoms with van der Waals surface area (Å²) in [6.07, 6.45) is 4.98. The first-order valence-corrected chi connectivity index (χ1v) is 10.4. The molecule has 7 heteroatoms. The first kappa shape index (κ1) is 20.0. The zero-order valence-electron chi connectivity index (χ0n) is 16.8. The molecule has 0 unspecified atom stereocenters. The van der Waals surface area contributed by atoms with Crippen molar-refractivity contribution in [2.24, 2.45) is 5.92 Å². The summed E-state index contributed by atoms with van der Waals surface area (Å²) < 4.78 is 33.1. The van der Waals surface area contributed by atoms with E-state index in [1.807, 2.05) is 11.8 Å². The molecule has 2 aliphatic heterocycles. The van der Waals surface area contributed by atoms with Gasteiger partial charge in [0.2, 0.25) is 11.8 Å². The van der Waals surface area contributed by atoms with Crippen LogP contribution in [0.3, 0.4) is 0 Å². The van der Waals surface area contributed by atoms with Gasteiger partial charge in [0, 0.05) is 26.1 Å². The number of hydrogen-bond acceptors (Lipinski definition) is 4. The van der Waals surface area contributed by atoms with Crippen molar-refractivity contribution < 1.29 is 18.0 Å². The minimum atomic E-state index is -0.545. The van der Waals surface area contributed by atoms with Gasteiger partial charge in [-0.05, 0) is 69.8 Å². The molecule has 0 spiro atoms. The minimum absolute atomic E-state index is 0.0505. The molecule has 1 aromatic carbocycles. The second-order valence-corrected chi connectivity index (χ2v) is 8.14. The Labute approximate surface area is 169 Å². The van der Waals surface area contributed by atoms with E-state index < -0.39 is 11.6 Å². The molecule has 2 saturated heterocycles. The van der Waals surface area contributed by atoms with E-state index in [2.05, 4.69) is 9.88 Å². The molecule has 0 bridgehead atoms. The van der Waals surface area contributed by atoms with Crippen LogP contribution in [0.5, 0.6) is 0 Å². The molecular weight excluding hydrogens is 376 g/mol. The second-order valence-electron chi connectivity index (χ2n) is 8.14. The van der Waals surface area contributed by atoms with Gasteiger partial charge in [0.15, 0.2) is 0 Å². The topological polar surface area (TPSA) is 49.6 Å². The lowest BCUT2D eigenvalue weighted by molar-refractivity contribution is -0.127. The number of piperidine rings is 1. The van der Waals surface area contributed by atoms with Crippen LogP contribution >= 0.6 is 0 Å². The van der Waals surface area contributed by atoms with Gasteiger partial charge in [-0.1, -0.05) is 0 Å². The van der Waals surface area contributed by atoms with E-state index in [0.29, 0.717) is 30.6 Å². The number of rotatable bonds is 6. The van der Waals surface area contributed by atoms with Gasteiger partial charge < -0.3 is 9.32 Å². The number of carbonyl (C=O) groups is 1. The van der Waals surface area contributed by atoms with Crippen molar-refractivity contribution in [2.75, 3.05) is 26.2 Å². The van der Waals surface area contributed by atoms with Crippen molar-refractivity contribution in [3.05, 3.63) is 41.3 Å². The largest absolute Gasteiger partial charge is 0.441 e. The lowest BCUT2D eigenvalue weighted by Crippen LogP contribution is -2.35. The highest BCUT2D eigenvalue weighted by Crippen LogP contribution is 2.27. The normalized spacial score (nSPS) is 18.7. The zero-order chi connectivity index (χ0) is 20.4. The number of benzene rings is 1. The fourth-order valence-electron chi connectivity index (χ4n) is 4.28. The number of aromatic nitrogens is 1. The molecule has 2 aliphatic rings. The maximum absolute atomic E-state index is 14.0. The van der Waals surface area contributed by atoms with Gasteiger partial charge in [0.1, 0.15) is 17.4 Å².